The molecule has 2 aromatic carbocycles. The van der Waals surface area contributed by atoms with Crippen LogP contribution in [0.2, 0.25) is 0 Å². The highest BCUT2D eigenvalue weighted by Gasteiger charge is 2.38. The van der Waals surface area contributed by atoms with Gasteiger partial charge in [0.25, 0.3) is 0 Å². The Bertz CT molecular complexity index is 1160. The molecule has 0 unspecified atom stereocenters. The van der Waals surface area contributed by atoms with Crippen LogP contribution >= 0.6 is 15.9 Å². The second kappa shape index (κ2) is 12.0. The van der Waals surface area contributed by atoms with Crippen molar-refractivity contribution in [2.24, 2.45) is 0 Å². The van der Waals surface area contributed by atoms with Crippen LogP contribution < -0.4 is 10.1 Å². The van der Waals surface area contributed by atoms with E-state index in [1.807, 2.05) is 25.1 Å². The van der Waals surface area contributed by atoms with Crippen molar-refractivity contribution >= 4 is 43.8 Å². The highest BCUT2D eigenvalue weighted by molar-refractivity contribution is 9.10. The first-order valence-electron chi connectivity index (χ1n) is 11.9. The van der Waals surface area contributed by atoms with Gasteiger partial charge < -0.3 is 15.0 Å². The number of ether oxygens (including phenoxy) is 1. The number of nitrogens with zero attached hydrogens (tertiary/aromatic N) is 1. The lowest BCUT2D eigenvalue weighted by Gasteiger charge is -2.19. The number of nitrogens with one attached hydrogen (secondary N) is 1. The first-order chi connectivity index (χ1) is 16.6. The van der Waals surface area contributed by atoms with Crippen molar-refractivity contribution in [1.29, 1.82) is 0 Å². The van der Waals surface area contributed by atoms with E-state index in [4.69, 9.17) is 4.74 Å². The van der Waals surface area contributed by atoms with Gasteiger partial charge >= 0.3 is 0 Å². The molecule has 1 aliphatic rings. The average molecular weight is 566 g/mol. The van der Waals surface area contributed by atoms with E-state index >= 15 is 0 Å². The molecular formula is C26H33BrN2O5S. The molecule has 35 heavy (non-hydrogen) atoms. The van der Waals surface area contributed by atoms with Gasteiger partial charge in [0, 0.05) is 30.2 Å². The fourth-order valence-corrected chi connectivity index (χ4v) is 6.13. The number of anilines is 1. The van der Waals surface area contributed by atoms with Crippen LogP contribution in [0.3, 0.4) is 0 Å². The molecule has 7 nitrogen and oxygen atoms in total. The van der Waals surface area contributed by atoms with Gasteiger partial charge in [0.2, 0.25) is 12.3 Å². The quantitative estimate of drug-likeness (QED) is 0.264. The van der Waals surface area contributed by atoms with Crippen molar-refractivity contribution in [1.82, 2.24) is 4.90 Å². The zero-order valence-corrected chi connectivity index (χ0v) is 22.8. The molecule has 0 heterocycles. The summed E-state index contributed by atoms with van der Waals surface area (Å²) in [5, 5.41) is 2.53. The van der Waals surface area contributed by atoms with Gasteiger partial charge in [-0.15, -0.1) is 0 Å². The lowest BCUT2D eigenvalue weighted by molar-refractivity contribution is -0.117. The summed E-state index contributed by atoms with van der Waals surface area (Å²) >= 11 is 3.50. The van der Waals surface area contributed by atoms with Gasteiger partial charge in [-0.05, 0) is 72.7 Å². The second-order valence-corrected chi connectivity index (χ2v) is 12.2. The normalized spacial score (nSPS) is 14.3. The van der Waals surface area contributed by atoms with E-state index in [-0.39, 0.29) is 34.9 Å². The van der Waals surface area contributed by atoms with E-state index in [2.05, 4.69) is 28.2 Å². The van der Waals surface area contributed by atoms with Crippen LogP contribution in [-0.2, 0) is 26.0 Å². The van der Waals surface area contributed by atoms with E-state index in [1.54, 1.807) is 19.2 Å². The Kier molecular flexibility index (Phi) is 9.35. The standard InChI is InChI=1S/C26H33BrN2O5S/c1-4-5-12-34-24-10-6-20(27)15-23(24)18(2)13-26(31)28-21-7-11-25(35(32,33)22-8-9-22)19(14-21)16-29(3)17-30/h6-7,10-11,14-15,17-18,22H,4-5,8-9,12-13,16H2,1-3H3,(H,28,31)/t18-/m1/s1. The number of hydrogen-bond acceptors (Lipinski definition) is 5. The van der Waals surface area contributed by atoms with Gasteiger partial charge in [-0.3, -0.25) is 9.59 Å². The van der Waals surface area contributed by atoms with Gasteiger partial charge in [-0.25, -0.2) is 8.42 Å². The lowest BCUT2D eigenvalue weighted by atomic mass is 9.96. The molecule has 190 valence electrons. The molecule has 3 rings (SSSR count). The Hall–Kier alpha value is -2.39. The third-order valence-electron chi connectivity index (χ3n) is 5.96. The summed E-state index contributed by atoms with van der Waals surface area (Å²) in [5.74, 6) is 0.486. The van der Waals surface area contributed by atoms with Crippen molar-refractivity contribution in [3.05, 3.63) is 52.0 Å². The van der Waals surface area contributed by atoms with Gasteiger partial charge in [0.15, 0.2) is 9.84 Å². The molecule has 1 fully saturated rings. The van der Waals surface area contributed by atoms with E-state index < -0.39 is 9.84 Å². The number of carbonyl (C=O) groups is 2. The number of amides is 2. The SMILES string of the molecule is CCCCOc1ccc(Br)cc1[C@H](C)CC(=O)Nc1ccc(S(=O)(=O)C2CC2)c(CN(C)C=O)c1. The lowest BCUT2D eigenvalue weighted by Crippen LogP contribution is -2.20. The molecule has 0 aliphatic heterocycles. The smallest absolute Gasteiger partial charge is 0.224 e. The molecule has 0 radical (unpaired) electrons. The van der Waals surface area contributed by atoms with E-state index in [1.165, 1.54) is 11.0 Å². The van der Waals surface area contributed by atoms with Gasteiger partial charge in [0.1, 0.15) is 5.75 Å². The van der Waals surface area contributed by atoms with Crippen molar-refractivity contribution in [2.75, 3.05) is 19.0 Å². The molecule has 1 saturated carbocycles. The molecule has 0 aromatic heterocycles. The Morgan fingerprint density at radius 1 is 1.26 bits per heavy atom. The minimum Gasteiger partial charge on any atom is -0.493 e. The van der Waals surface area contributed by atoms with Crippen LogP contribution in [0.1, 0.15) is 63.0 Å². The Balaban J connectivity index is 1.76. The zero-order chi connectivity index (χ0) is 25.6. The van der Waals surface area contributed by atoms with Gasteiger partial charge in [-0.1, -0.05) is 36.2 Å². The fourth-order valence-electron chi connectivity index (χ4n) is 3.88. The maximum Gasteiger partial charge on any atom is 0.224 e. The molecule has 1 aliphatic carbocycles. The predicted molar refractivity (Wildman–Crippen MR) is 140 cm³/mol. The zero-order valence-electron chi connectivity index (χ0n) is 20.4. The van der Waals surface area contributed by atoms with Crippen LogP contribution in [0.15, 0.2) is 45.8 Å². The maximum atomic E-state index is 12.9. The Labute approximate surface area is 216 Å². The van der Waals surface area contributed by atoms with Crippen LogP contribution in [-0.4, -0.2) is 44.5 Å². The molecule has 0 saturated heterocycles. The number of benzene rings is 2. The molecule has 1 atom stereocenters. The van der Waals surface area contributed by atoms with E-state index in [9.17, 15) is 18.0 Å². The number of unbranched alkanes of at least 4 members (excludes halogenated alkanes) is 1. The average Bonchev–Trinajstić information content (AvgIpc) is 3.66. The number of hydrogen-bond donors (Lipinski definition) is 1. The minimum atomic E-state index is -3.44. The summed E-state index contributed by atoms with van der Waals surface area (Å²) < 4.78 is 32.6. The van der Waals surface area contributed by atoms with Gasteiger partial charge in [-0.2, -0.15) is 0 Å². The summed E-state index contributed by atoms with van der Waals surface area (Å²) in [6.45, 7) is 4.85. The summed E-state index contributed by atoms with van der Waals surface area (Å²) in [4.78, 5) is 25.7. The fraction of sp³-hybridized carbons (Fsp3) is 0.462. The van der Waals surface area contributed by atoms with E-state index in [0.717, 1.165) is 28.6 Å². The predicted octanol–water partition coefficient (Wildman–Crippen LogP) is 5.28. The van der Waals surface area contributed by atoms with Crippen LogP contribution in [0, 0.1) is 0 Å². The highest BCUT2D eigenvalue weighted by Crippen LogP contribution is 2.36. The molecule has 9 heteroatoms. The van der Waals surface area contributed by atoms with Crippen LogP contribution in [0.5, 0.6) is 5.75 Å². The topological polar surface area (TPSA) is 92.8 Å². The van der Waals surface area contributed by atoms with Crippen molar-refractivity contribution in [3.63, 3.8) is 0 Å². The van der Waals surface area contributed by atoms with Crippen molar-refractivity contribution in [2.45, 2.75) is 68.6 Å². The summed E-state index contributed by atoms with van der Waals surface area (Å²) in [6.07, 6.45) is 4.18. The molecule has 2 amide bonds. The Morgan fingerprint density at radius 2 is 2.00 bits per heavy atom. The molecule has 2 aromatic rings. The molecule has 0 spiro atoms. The summed E-state index contributed by atoms with van der Waals surface area (Å²) in [7, 11) is -1.85. The van der Waals surface area contributed by atoms with Crippen LogP contribution in [0.4, 0.5) is 5.69 Å². The third-order valence-corrected chi connectivity index (χ3v) is 8.82. The number of halogens is 1. The first kappa shape index (κ1) is 27.2. The van der Waals surface area contributed by atoms with Crippen molar-refractivity contribution in [3.8, 4) is 5.75 Å². The largest absolute Gasteiger partial charge is 0.493 e. The van der Waals surface area contributed by atoms with E-state index in [0.29, 0.717) is 37.1 Å². The third kappa shape index (κ3) is 7.30. The van der Waals surface area contributed by atoms with Crippen LogP contribution in [0.25, 0.3) is 0 Å². The molecule has 1 N–H and O–H groups in total. The summed E-state index contributed by atoms with van der Waals surface area (Å²) in [5.41, 5.74) is 1.95. The monoisotopic (exact) mass is 564 g/mol. The maximum absolute atomic E-state index is 12.9. The number of rotatable bonds is 13. The minimum absolute atomic E-state index is 0.0979. The Morgan fingerprint density at radius 3 is 2.66 bits per heavy atom. The van der Waals surface area contributed by atoms with Gasteiger partial charge in [0.05, 0.1) is 16.8 Å². The van der Waals surface area contributed by atoms with Crippen molar-refractivity contribution < 1.29 is 22.7 Å². The highest BCUT2D eigenvalue weighted by atomic mass is 79.9. The number of carbonyl (C=O) groups excluding carboxylic acids is 2. The molecule has 0 bridgehead atoms. The number of sulfone groups is 1. The second-order valence-electron chi connectivity index (χ2n) is 9.12. The first-order valence-corrected chi connectivity index (χ1v) is 14.2. The molecular weight excluding hydrogens is 532 g/mol. The summed E-state index contributed by atoms with van der Waals surface area (Å²) in [6, 6.07) is 10.6.